The molecular formula is C12H18F2N2. The summed E-state index contributed by atoms with van der Waals surface area (Å²) < 4.78 is 26.1. The van der Waals surface area contributed by atoms with Crippen LogP contribution in [0.2, 0.25) is 0 Å². The van der Waals surface area contributed by atoms with Crippen molar-refractivity contribution in [1.82, 2.24) is 4.98 Å². The molecule has 1 atom stereocenters. The summed E-state index contributed by atoms with van der Waals surface area (Å²) in [6.45, 7) is 6.62. The van der Waals surface area contributed by atoms with Crippen molar-refractivity contribution in [3.05, 3.63) is 23.6 Å². The lowest BCUT2D eigenvalue weighted by Gasteiger charge is -2.18. The summed E-state index contributed by atoms with van der Waals surface area (Å²) >= 11 is 0. The van der Waals surface area contributed by atoms with E-state index < -0.39 is 6.17 Å². The summed E-state index contributed by atoms with van der Waals surface area (Å²) in [5, 5.41) is 0. The highest BCUT2D eigenvalue weighted by molar-refractivity contribution is 5.47. The van der Waals surface area contributed by atoms with Gasteiger partial charge in [-0.1, -0.05) is 13.8 Å². The fraction of sp³-hybridized carbons (Fsp3) is 0.583. The highest BCUT2D eigenvalue weighted by Crippen LogP contribution is 2.24. The Kier molecular flexibility index (Phi) is 4.65. The molecule has 1 unspecified atom stereocenters. The minimum Gasteiger partial charge on any atom is -0.353 e. The van der Waals surface area contributed by atoms with Crippen LogP contribution in [0.4, 0.5) is 14.6 Å². The average Bonchev–Trinajstić information content (AvgIpc) is 2.72. The molecule has 0 saturated carbocycles. The minimum absolute atomic E-state index is 0.280. The van der Waals surface area contributed by atoms with Gasteiger partial charge in [0.1, 0.15) is 17.8 Å². The fourth-order valence-corrected chi connectivity index (χ4v) is 1.73. The van der Waals surface area contributed by atoms with Crippen LogP contribution in [0.15, 0.2) is 12.3 Å². The van der Waals surface area contributed by atoms with Gasteiger partial charge in [0, 0.05) is 18.3 Å². The number of aromatic nitrogens is 1. The highest BCUT2D eigenvalue weighted by atomic mass is 19.1. The van der Waals surface area contributed by atoms with Gasteiger partial charge in [-0.3, -0.25) is 0 Å². The smallest absolute Gasteiger partial charge is 0.134 e. The molecule has 2 nitrogen and oxygen atoms in total. The topological polar surface area (TPSA) is 16.1 Å². The molecule has 1 saturated heterocycles. The predicted molar refractivity (Wildman–Crippen MR) is 62.0 cm³/mol. The molecule has 4 heteroatoms. The van der Waals surface area contributed by atoms with Gasteiger partial charge >= 0.3 is 0 Å². The van der Waals surface area contributed by atoms with Crippen molar-refractivity contribution in [3.63, 3.8) is 0 Å². The molecule has 0 aliphatic carbocycles. The lowest BCUT2D eigenvalue weighted by atomic mass is 10.2. The molecule has 2 heterocycles. The van der Waals surface area contributed by atoms with E-state index in [1.807, 2.05) is 13.8 Å². The summed E-state index contributed by atoms with van der Waals surface area (Å²) in [4.78, 5) is 5.87. The van der Waals surface area contributed by atoms with Gasteiger partial charge in [0.05, 0.1) is 6.54 Å². The van der Waals surface area contributed by atoms with Crippen molar-refractivity contribution in [2.45, 2.75) is 33.4 Å². The first-order chi connectivity index (χ1) is 7.68. The Labute approximate surface area is 95.3 Å². The van der Waals surface area contributed by atoms with E-state index in [0.29, 0.717) is 30.9 Å². The molecule has 1 aromatic heterocycles. The second-order valence-corrected chi connectivity index (χ2v) is 3.57. The van der Waals surface area contributed by atoms with Gasteiger partial charge in [-0.05, 0) is 19.4 Å². The van der Waals surface area contributed by atoms with Crippen molar-refractivity contribution in [3.8, 4) is 0 Å². The first-order valence-corrected chi connectivity index (χ1v) is 5.68. The molecule has 1 aromatic rings. The van der Waals surface area contributed by atoms with E-state index >= 15 is 0 Å². The number of pyridine rings is 1. The number of alkyl halides is 1. The number of hydrogen-bond acceptors (Lipinski definition) is 2. The van der Waals surface area contributed by atoms with Crippen LogP contribution in [-0.4, -0.2) is 24.2 Å². The molecular weight excluding hydrogens is 210 g/mol. The maximum Gasteiger partial charge on any atom is 0.134 e. The van der Waals surface area contributed by atoms with Crippen LogP contribution in [0.1, 0.15) is 25.8 Å². The summed E-state index contributed by atoms with van der Waals surface area (Å²) in [5.74, 6) is 0.294. The van der Waals surface area contributed by atoms with E-state index in [4.69, 9.17) is 0 Å². The predicted octanol–water partition coefficient (Wildman–Crippen LogP) is 3.10. The second-order valence-electron chi connectivity index (χ2n) is 3.57. The summed E-state index contributed by atoms with van der Waals surface area (Å²) in [6, 6.07) is 1.32. The van der Waals surface area contributed by atoms with Crippen LogP contribution in [0.25, 0.3) is 0 Å². The molecule has 2 rings (SSSR count). The maximum atomic E-state index is 13.2. The largest absolute Gasteiger partial charge is 0.353 e. The van der Waals surface area contributed by atoms with Gasteiger partial charge in [0.15, 0.2) is 0 Å². The SMILES string of the molecule is CC.Cc1c(F)ccnc1N1CCC(F)C1. The van der Waals surface area contributed by atoms with E-state index in [2.05, 4.69) is 4.98 Å². The van der Waals surface area contributed by atoms with Gasteiger partial charge in [0.25, 0.3) is 0 Å². The first kappa shape index (κ1) is 12.9. The van der Waals surface area contributed by atoms with Crippen molar-refractivity contribution < 1.29 is 8.78 Å². The lowest BCUT2D eigenvalue weighted by molar-refractivity contribution is 0.364. The van der Waals surface area contributed by atoms with Crippen LogP contribution in [-0.2, 0) is 0 Å². The number of nitrogens with zero attached hydrogens (tertiary/aromatic N) is 2. The molecule has 90 valence electrons. The quantitative estimate of drug-likeness (QED) is 0.734. The fourth-order valence-electron chi connectivity index (χ4n) is 1.73. The Hall–Kier alpha value is -1.19. The third kappa shape index (κ3) is 2.68. The first-order valence-electron chi connectivity index (χ1n) is 5.68. The monoisotopic (exact) mass is 228 g/mol. The molecule has 1 aliphatic heterocycles. The van der Waals surface area contributed by atoms with Crippen LogP contribution in [0, 0.1) is 12.7 Å². The normalized spacial score (nSPS) is 19.3. The molecule has 1 aliphatic rings. The van der Waals surface area contributed by atoms with Crippen molar-refractivity contribution in [1.29, 1.82) is 0 Å². The van der Waals surface area contributed by atoms with E-state index in [1.165, 1.54) is 12.3 Å². The number of halogens is 2. The van der Waals surface area contributed by atoms with Crippen LogP contribution >= 0.6 is 0 Å². The van der Waals surface area contributed by atoms with Gasteiger partial charge in [-0.15, -0.1) is 0 Å². The van der Waals surface area contributed by atoms with Crippen LogP contribution in [0.5, 0.6) is 0 Å². The van der Waals surface area contributed by atoms with Crippen LogP contribution < -0.4 is 4.90 Å². The Morgan fingerprint density at radius 1 is 1.44 bits per heavy atom. The van der Waals surface area contributed by atoms with Gasteiger partial charge in [-0.25, -0.2) is 13.8 Å². The molecule has 0 aromatic carbocycles. The molecule has 0 spiro atoms. The van der Waals surface area contributed by atoms with Crippen molar-refractivity contribution in [2.75, 3.05) is 18.0 Å². The molecule has 0 amide bonds. The van der Waals surface area contributed by atoms with Crippen molar-refractivity contribution in [2.24, 2.45) is 0 Å². The number of anilines is 1. The Morgan fingerprint density at radius 2 is 2.12 bits per heavy atom. The molecule has 0 bridgehead atoms. The van der Waals surface area contributed by atoms with Crippen LogP contribution in [0.3, 0.4) is 0 Å². The lowest BCUT2D eigenvalue weighted by Crippen LogP contribution is -2.22. The third-order valence-electron chi connectivity index (χ3n) is 2.54. The Morgan fingerprint density at radius 3 is 2.69 bits per heavy atom. The highest BCUT2D eigenvalue weighted by Gasteiger charge is 2.24. The zero-order chi connectivity index (χ0) is 12.1. The van der Waals surface area contributed by atoms with E-state index in [0.717, 1.165) is 0 Å². The maximum absolute atomic E-state index is 13.2. The number of rotatable bonds is 1. The minimum atomic E-state index is -0.806. The standard InChI is InChI=1S/C10H12F2N2.C2H6/c1-7-9(12)2-4-13-10(7)14-5-3-8(11)6-14;1-2/h2,4,8H,3,5-6H2,1H3;1-2H3. The zero-order valence-corrected chi connectivity index (χ0v) is 10.0. The summed E-state index contributed by atoms with van der Waals surface area (Å²) in [6.07, 6.45) is 1.13. The van der Waals surface area contributed by atoms with E-state index in [1.54, 1.807) is 11.8 Å². The zero-order valence-electron chi connectivity index (χ0n) is 10.0. The van der Waals surface area contributed by atoms with E-state index in [-0.39, 0.29) is 5.82 Å². The average molecular weight is 228 g/mol. The van der Waals surface area contributed by atoms with Crippen molar-refractivity contribution >= 4 is 5.82 Å². The second kappa shape index (κ2) is 5.77. The summed E-state index contributed by atoms with van der Waals surface area (Å²) in [5.41, 5.74) is 0.501. The molecule has 1 fully saturated rings. The van der Waals surface area contributed by atoms with Gasteiger partial charge < -0.3 is 4.90 Å². The van der Waals surface area contributed by atoms with Gasteiger partial charge in [0.2, 0.25) is 0 Å². The molecule has 0 N–H and O–H groups in total. The number of hydrogen-bond donors (Lipinski definition) is 0. The van der Waals surface area contributed by atoms with E-state index in [9.17, 15) is 8.78 Å². The molecule has 0 radical (unpaired) electrons. The molecule has 16 heavy (non-hydrogen) atoms. The third-order valence-corrected chi connectivity index (χ3v) is 2.54. The summed E-state index contributed by atoms with van der Waals surface area (Å²) in [7, 11) is 0. The Balaban J connectivity index is 0.000000606. The van der Waals surface area contributed by atoms with Gasteiger partial charge in [-0.2, -0.15) is 0 Å². The Bertz CT molecular complexity index is 342.